The van der Waals surface area contributed by atoms with E-state index in [0.717, 1.165) is 34.7 Å². The van der Waals surface area contributed by atoms with Crippen molar-refractivity contribution in [1.29, 1.82) is 5.26 Å². The van der Waals surface area contributed by atoms with Crippen LogP contribution in [-0.2, 0) is 11.2 Å². The van der Waals surface area contributed by atoms with Crippen LogP contribution in [0.4, 0.5) is 0 Å². The summed E-state index contributed by atoms with van der Waals surface area (Å²) in [6.45, 7) is 0.624. The highest BCUT2D eigenvalue weighted by Gasteiger charge is 2.37. The fraction of sp³-hybridized carbons (Fsp3) is 0.333. The summed E-state index contributed by atoms with van der Waals surface area (Å²) in [6.07, 6.45) is 3.76. The van der Waals surface area contributed by atoms with E-state index >= 15 is 0 Å². The van der Waals surface area contributed by atoms with E-state index in [1.54, 1.807) is 11.8 Å². The first-order valence-electron chi connectivity index (χ1n) is 10.6. The molecule has 8 heteroatoms. The Hall–Kier alpha value is -3.70. The maximum atomic E-state index is 12.2. The minimum atomic E-state index is -0.559. The molecular weight excluding hydrogens is 404 g/mol. The first-order valence-corrected chi connectivity index (χ1v) is 10.6. The molecule has 1 amide bonds. The van der Waals surface area contributed by atoms with E-state index in [0.29, 0.717) is 31.2 Å². The largest absolute Gasteiger partial charge is 0.497 e. The van der Waals surface area contributed by atoms with E-state index in [1.165, 1.54) is 0 Å². The van der Waals surface area contributed by atoms with Gasteiger partial charge in [-0.25, -0.2) is 4.68 Å². The normalized spacial score (nSPS) is 17.9. The van der Waals surface area contributed by atoms with Crippen LogP contribution >= 0.6 is 0 Å². The minimum Gasteiger partial charge on any atom is -0.497 e. The van der Waals surface area contributed by atoms with Crippen LogP contribution in [0, 0.1) is 23.2 Å². The quantitative estimate of drug-likeness (QED) is 0.538. The maximum absolute atomic E-state index is 12.2. The van der Waals surface area contributed by atoms with Crippen molar-refractivity contribution in [3.8, 4) is 28.8 Å². The molecule has 1 aromatic heterocycles. The third-order valence-corrected chi connectivity index (χ3v) is 5.83. The van der Waals surface area contributed by atoms with Crippen LogP contribution in [0.2, 0.25) is 0 Å². The predicted octanol–water partition coefficient (Wildman–Crippen LogP) is 2.48. The Morgan fingerprint density at radius 1 is 1.25 bits per heavy atom. The molecule has 2 unspecified atom stereocenters. The Balaban J connectivity index is 1.36. The van der Waals surface area contributed by atoms with Crippen molar-refractivity contribution < 1.29 is 9.53 Å². The molecule has 0 bridgehead atoms. The highest BCUT2D eigenvalue weighted by atomic mass is 16.5. The lowest BCUT2D eigenvalue weighted by Gasteiger charge is -2.12. The van der Waals surface area contributed by atoms with Crippen molar-refractivity contribution in [2.45, 2.75) is 25.3 Å². The zero-order valence-corrected chi connectivity index (χ0v) is 17.9. The number of carbonyl (C=O) groups excluding carboxylic acids is 1. The van der Waals surface area contributed by atoms with E-state index in [9.17, 15) is 10.1 Å². The van der Waals surface area contributed by atoms with Gasteiger partial charge in [-0.3, -0.25) is 4.79 Å². The Labute approximate surface area is 187 Å². The number of nitriles is 1. The van der Waals surface area contributed by atoms with Gasteiger partial charge in [-0.15, -0.1) is 5.10 Å². The summed E-state index contributed by atoms with van der Waals surface area (Å²) >= 11 is 0. The van der Waals surface area contributed by atoms with Crippen LogP contribution in [0.1, 0.15) is 18.4 Å². The van der Waals surface area contributed by atoms with Gasteiger partial charge in [0.2, 0.25) is 5.91 Å². The molecule has 164 valence electrons. The molecule has 1 fully saturated rings. The molecule has 0 radical (unpaired) electrons. The molecule has 2 aromatic carbocycles. The fourth-order valence-corrected chi connectivity index (χ4v) is 3.77. The number of amides is 1. The number of nitrogens with one attached hydrogen (secondary N) is 1. The molecule has 1 heterocycles. The highest BCUT2D eigenvalue weighted by molar-refractivity contribution is 5.77. The van der Waals surface area contributed by atoms with Gasteiger partial charge in [-0.05, 0) is 66.8 Å². The minimum absolute atomic E-state index is 0.0807. The first kappa shape index (κ1) is 21.5. The molecular formula is C24H26N6O2. The molecule has 3 N–H and O–H groups in total. The summed E-state index contributed by atoms with van der Waals surface area (Å²) in [5.74, 6) is 1.53. The number of rotatable bonds is 9. The highest BCUT2D eigenvalue weighted by Crippen LogP contribution is 2.40. The smallest absolute Gasteiger partial charge is 0.221 e. The second kappa shape index (κ2) is 9.62. The molecule has 3 atom stereocenters. The number of hydrogen-bond acceptors (Lipinski definition) is 6. The molecule has 0 spiro atoms. The molecule has 3 aromatic rings. The van der Waals surface area contributed by atoms with E-state index < -0.39 is 6.04 Å². The predicted molar refractivity (Wildman–Crippen MR) is 120 cm³/mol. The number of nitrogens with zero attached hydrogens (tertiary/aromatic N) is 4. The molecule has 0 aliphatic heterocycles. The molecule has 1 aliphatic rings. The SMILES string of the molecule is COc1ccc(-c2cn(-c3ccc(CC(C#N)NC(=O)C[C@H]4CC4CN)cc3)nn2)cc1. The molecule has 32 heavy (non-hydrogen) atoms. The van der Waals surface area contributed by atoms with Gasteiger partial charge in [-0.2, -0.15) is 5.26 Å². The van der Waals surface area contributed by atoms with Crippen molar-refractivity contribution in [2.24, 2.45) is 17.6 Å². The lowest BCUT2D eigenvalue weighted by Crippen LogP contribution is -2.35. The van der Waals surface area contributed by atoms with Gasteiger partial charge >= 0.3 is 0 Å². The Bertz CT molecular complexity index is 1100. The number of aromatic nitrogens is 3. The summed E-state index contributed by atoms with van der Waals surface area (Å²) < 4.78 is 6.89. The number of nitrogens with two attached hydrogens (primary N) is 1. The van der Waals surface area contributed by atoms with Crippen molar-refractivity contribution in [3.63, 3.8) is 0 Å². The van der Waals surface area contributed by atoms with Gasteiger partial charge in [0.05, 0.1) is 25.1 Å². The number of methoxy groups -OCH3 is 1. The summed E-state index contributed by atoms with van der Waals surface area (Å²) in [6, 6.07) is 17.0. The molecule has 4 rings (SSSR count). The second-order valence-corrected chi connectivity index (χ2v) is 8.09. The van der Waals surface area contributed by atoms with E-state index in [1.807, 2.05) is 54.7 Å². The average Bonchev–Trinajstić information content (AvgIpc) is 3.38. The summed E-state index contributed by atoms with van der Waals surface area (Å²) in [5, 5.41) is 20.7. The van der Waals surface area contributed by atoms with Crippen LogP contribution < -0.4 is 15.8 Å². The van der Waals surface area contributed by atoms with Crippen LogP contribution in [0.25, 0.3) is 16.9 Å². The average molecular weight is 431 g/mol. The van der Waals surface area contributed by atoms with Crippen molar-refractivity contribution >= 4 is 5.91 Å². The van der Waals surface area contributed by atoms with Crippen molar-refractivity contribution in [2.75, 3.05) is 13.7 Å². The van der Waals surface area contributed by atoms with Gasteiger partial charge in [0.25, 0.3) is 0 Å². The van der Waals surface area contributed by atoms with E-state index in [-0.39, 0.29) is 5.91 Å². The molecule has 1 saturated carbocycles. The maximum Gasteiger partial charge on any atom is 0.221 e. The number of ether oxygens (including phenoxy) is 1. The lowest BCUT2D eigenvalue weighted by atomic mass is 10.1. The molecule has 0 saturated heterocycles. The number of benzene rings is 2. The summed E-state index contributed by atoms with van der Waals surface area (Å²) in [5.41, 5.74) is 9.16. The molecule has 1 aliphatic carbocycles. The Morgan fingerprint density at radius 2 is 2.00 bits per heavy atom. The van der Waals surface area contributed by atoms with E-state index in [4.69, 9.17) is 10.5 Å². The molecule has 8 nitrogen and oxygen atoms in total. The van der Waals surface area contributed by atoms with Gasteiger partial charge in [0, 0.05) is 18.4 Å². The Kier molecular flexibility index (Phi) is 6.47. The van der Waals surface area contributed by atoms with Crippen LogP contribution in [0.5, 0.6) is 5.75 Å². The Morgan fingerprint density at radius 3 is 2.62 bits per heavy atom. The number of carbonyl (C=O) groups is 1. The van der Waals surface area contributed by atoms with Crippen LogP contribution in [-0.4, -0.2) is 40.6 Å². The van der Waals surface area contributed by atoms with Gasteiger partial charge in [-0.1, -0.05) is 17.3 Å². The third kappa shape index (κ3) is 5.13. The topological polar surface area (TPSA) is 119 Å². The standard InChI is InChI=1S/C24H26N6O2/c1-32-22-8-4-17(5-9-22)23-15-30(29-28-23)21-6-2-16(3-7-21)10-20(14-26)27-24(31)12-18-11-19(18)13-25/h2-9,15,18-20H,10-13,25H2,1H3,(H,27,31)/t18-,19?,20?/m1/s1. The summed E-state index contributed by atoms with van der Waals surface area (Å²) in [4.78, 5) is 12.2. The van der Waals surface area contributed by atoms with Gasteiger partial charge < -0.3 is 15.8 Å². The van der Waals surface area contributed by atoms with Gasteiger partial charge in [0.1, 0.15) is 17.5 Å². The number of hydrogen-bond donors (Lipinski definition) is 2. The van der Waals surface area contributed by atoms with Crippen LogP contribution in [0.3, 0.4) is 0 Å². The first-order chi connectivity index (χ1) is 15.6. The zero-order chi connectivity index (χ0) is 22.5. The third-order valence-electron chi connectivity index (χ3n) is 5.83. The zero-order valence-electron chi connectivity index (χ0n) is 17.9. The van der Waals surface area contributed by atoms with Gasteiger partial charge in [0.15, 0.2) is 0 Å². The van der Waals surface area contributed by atoms with E-state index in [2.05, 4.69) is 21.7 Å². The van der Waals surface area contributed by atoms with Crippen LogP contribution in [0.15, 0.2) is 54.7 Å². The monoisotopic (exact) mass is 430 g/mol. The second-order valence-electron chi connectivity index (χ2n) is 8.09. The lowest BCUT2D eigenvalue weighted by molar-refractivity contribution is -0.121. The van der Waals surface area contributed by atoms with Crippen molar-refractivity contribution in [3.05, 3.63) is 60.3 Å². The summed E-state index contributed by atoms with van der Waals surface area (Å²) in [7, 11) is 1.63. The fourth-order valence-electron chi connectivity index (χ4n) is 3.77. The van der Waals surface area contributed by atoms with Crippen molar-refractivity contribution in [1.82, 2.24) is 20.3 Å².